The third kappa shape index (κ3) is 3.16. The minimum Gasteiger partial charge on any atom is -0.294 e. The highest BCUT2D eigenvalue weighted by Crippen LogP contribution is 2.88. The van der Waals surface area contributed by atoms with E-state index in [0.29, 0.717) is 0 Å². The van der Waals surface area contributed by atoms with Gasteiger partial charge in [0.1, 0.15) is 8.67 Å². The minimum atomic E-state index is -0.755. The second-order valence-corrected chi connectivity index (χ2v) is 17.9. The quantitative estimate of drug-likeness (QED) is 0.259. The van der Waals surface area contributed by atoms with Gasteiger partial charge in [-0.3, -0.25) is 9.59 Å². The van der Waals surface area contributed by atoms with Crippen molar-refractivity contribution in [1.82, 2.24) is 0 Å². The van der Waals surface area contributed by atoms with E-state index < -0.39 is 8.67 Å². The van der Waals surface area contributed by atoms with Crippen molar-refractivity contribution in [3.8, 4) is 0 Å². The molecule has 0 N–H and O–H groups in total. The minimum absolute atomic E-state index is 0.0180. The lowest BCUT2D eigenvalue weighted by Gasteiger charge is -2.42. The normalized spacial score (nSPS) is 46.7. The molecule has 212 valence electrons. The van der Waals surface area contributed by atoms with E-state index in [4.69, 9.17) is 46.4 Å². The van der Waals surface area contributed by atoms with Gasteiger partial charge in [-0.25, -0.2) is 0 Å². The predicted molar refractivity (Wildman–Crippen MR) is 159 cm³/mol. The van der Waals surface area contributed by atoms with Crippen molar-refractivity contribution >= 4 is 58.0 Å². The van der Waals surface area contributed by atoms with Crippen LogP contribution in [0.3, 0.4) is 0 Å². The maximum atomic E-state index is 12.8. The van der Waals surface area contributed by atoms with E-state index in [1.165, 1.54) is 0 Å². The summed E-state index contributed by atoms with van der Waals surface area (Å²) in [5, 5.41) is 0. The molecular formula is C32H44Cl4O2. The Kier molecular flexibility index (Phi) is 6.43. The standard InChI is InChI=1S/2C16H22Cl2O/c2*1-10-6-9-15-12(11(10)19)13(2,3)7-5-8-14(15,4)16(15,17)18/h2*6,12H,5,7-9H2,1-4H3/t2*12-,14-,15+/m11/s1. The van der Waals surface area contributed by atoms with Crippen LogP contribution in [0.25, 0.3) is 0 Å². The summed E-state index contributed by atoms with van der Waals surface area (Å²) in [5.41, 5.74) is 1.02. The van der Waals surface area contributed by atoms with E-state index in [1.54, 1.807) is 0 Å². The van der Waals surface area contributed by atoms with Gasteiger partial charge >= 0.3 is 0 Å². The van der Waals surface area contributed by atoms with E-state index >= 15 is 0 Å². The van der Waals surface area contributed by atoms with E-state index in [0.717, 1.165) is 62.5 Å². The number of hydrogen-bond acceptors (Lipinski definition) is 2. The Balaban J connectivity index is 0.000000155. The Morgan fingerprint density at radius 1 is 0.605 bits per heavy atom. The Labute approximate surface area is 249 Å². The summed E-state index contributed by atoms with van der Waals surface area (Å²) in [6.45, 7) is 17.1. The van der Waals surface area contributed by atoms with Gasteiger partial charge in [-0.15, -0.1) is 46.4 Å². The fourth-order valence-electron chi connectivity index (χ4n) is 10.1. The largest absolute Gasteiger partial charge is 0.294 e. The molecule has 2 spiro atoms. The third-order valence-corrected chi connectivity index (χ3v) is 15.7. The molecule has 0 heterocycles. The maximum absolute atomic E-state index is 12.8. The van der Waals surface area contributed by atoms with Crippen LogP contribution in [0.15, 0.2) is 23.3 Å². The molecule has 4 saturated carbocycles. The number of halogens is 4. The molecule has 38 heavy (non-hydrogen) atoms. The summed E-state index contributed by atoms with van der Waals surface area (Å²) < 4.78 is -1.51. The van der Waals surface area contributed by atoms with Crippen molar-refractivity contribution in [1.29, 1.82) is 0 Å². The molecular weight excluding hydrogens is 558 g/mol. The lowest BCUT2D eigenvalue weighted by molar-refractivity contribution is -0.128. The zero-order chi connectivity index (χ0) is 28.5. The lowest BCUT2D eigenvalue weighted by atomic mass is 9.61. The molecule has 0 aromatic rings. The first-order chi connectivity index (χ1) is 17.2. The number of ketones is 2. The summed E-state index contributed by atoms with van der Waals surface area (Å²) in [6.07, 6.45) is 12.3. The second kappa shape index (κ2) is 8.29. The topological polar surface area (TPSA) is 34.1 Å². The number of alkyl halides is 4. The summed E-state index contributed by atoms with van der Waals surface area (Å²) >= 11 is 26.9. The van der Waals surface area contributed by atoms with Crippen LogP contribution in [0.1, 0.15) is 107 Å². The molecule has 6 atom stereocenters. The number of hydrogen-bond donors (Lipinski definition) is 0. The molecule has 6 aliphatic carbocycles. The number of allylic oxidation sites excluding steroid dienone is 4. The lowest BCUT2D eigenvalue weighted by Crippen LogP contribution is -2.43. The molecule has 0 radical (unpaired) electrons. The smallest absolute Gasteiger partial charge is 0.162 e. The van der Waals surface area contributed by atoms with Gasteiger partial charge in [0.2, 0.25) is 0 Å². The summed E-state index contributed by atoms with van der Waals surface area (Å²) in [7, 11) is 0. The third-order valence-electron chi connectivity index (χ3n) is 12.7. The molecule has 0 bridgehead atoms. The van der Waals surface area contributed by atoms with Gasteiger partial charge in [-0.05, 0) is 74.3 Å². The molecule has 0 aliphatic heterocycles. The Hall–Kier alpha value is -0.0200. The van der Waals surface area contributed by atoms with Crippen LogP contribution < -0.4 is 0 Å². The Morgan fingerprint density at radius 2 is 0.921 bits per heavy atom. The Morgan fingerprint density at radius 3 is 1.24 bits per heavy atom. The highest BCUT2D eigenvalue weighted by molar-refractivity contribution is 6.53. The number of carbonyl (C=O) groups excluding carboxylic acids is 2. The van der Waals surface area contributed by atoms with Crippen LogP contribution in [-0.2, 0) is 9.59 Å². The highest BCUT2D eigenvalue weighted by Gasteiger charge is 2.89. The van der Waals surface area contributed by atoms with Crippen molar-refractivity contribution < 1.29 is 9.59 Å². The summed E-state index contributed by atoms with van der Waals surface area (Å²) in [4.78, 5) is 25.6. The van der Waals surface area contributed by atoms with E-state index in [2.05, 4.69) is 53.7 Å². The van der Waals surface area contributed by atoms with Gasteiger partial charge in [0.25, 0.3) is 0 Å². The molecule has 0 saturated heterocycles. The fourth-order valence-corrected chi connectivity index (χ4v) is 12.6. The van der Waals surface area contributed by atoms with Gasteiger partial charge in [0, 0.05) is 33.5 Å². The molecule has 0 aromatic carbocycles. The average molecular weight is 603 g/mol. The zero-order valence-corrected chi connectivity index (χ0v) is 27.3. The second-order valence-electron chi connectivity index (χ2n) is 15.2. The number of carbonyl (C=O) groups is 2. The maximum Gasteiger partial charge on any atom is 0.162 e. The van der Waals surface area contributed by atoms with Gasteiger partial charge < -0.3 is 0 Å². The Bertz CT molecular complexity index is 1070. The van der Waals surface area contributed by atoms with E-state index in [-0.39, 0.29) is 55.9 Å². The molecule has 0 aromatic heterocycles. The molecule has 0 amide bonds. The predicted octanol–water partition coefficient (Wildman–Crippen LogP) is 9.82. The summed E-state index contributed by atoms with van der Waals surface area (Å²) in [6, 6.07) is 0. The van der Waals surface area contributed by atoms with Crippen LogP contribution >= 0.6 is 46.4 Å². The van der Waals surface area contributed by atoms with Crippen LogP contribution in [0, 0.1) is 44.3 Å². The zero-order valence-electron chi connectivity index (χ0n) is 24.3. The molecule has 4 fully saturated rings. The van der Waals surface area contributed by atoms with Crippen molar-refractivity contribution in [2.45, 2.75) is 115 Å². The molecule has 6 heteroatoms. The fraction of sp³-hybridized carbons (Fsp3) is 0.812. The molecule has 6 aliphatic rings. The number of rotatable bonds is 0. The molecule has 6 rings (SSSR count). The van der Waals surface area contributed by atoms with Crippen LogP contribution in [0.5, 0.6) is 0 Å². The van der Waals surface area contributed by atoms with Gasteiger partial charge in [-0.2, -0.15) is 0 Å². The first kappa shape index (κ1) is 29.5. The van der Waals surface area contributed by atoms with Gasteiger partial charge in [-0.1, -0.05) is 66.5 Å². The van der Waals surface area contributed by atoms with Crippen molar-refractivity contribution in [3.05, 3.63) is 23.3 Å². The van der Waals surface area contributed by atoms with Crippen molar-refractivity contribution in [2.24, 2.45) is 44.3 Å². The first-order valence-electron chi connectivity index (χ1n) is 14.4. The molecule has 0 unspecified atom stereocenters. The SMILES string of the molecule is CC1=CC[C@]23[C@H](C1=O)C(C)(C)CCC[C@@]2(C)C3(Cl)Cl.CC1=CC[C@]23[C@H](C1=O)C(C)(C)CCC[C@@]2(C)C3(Cl)Cl. The molecule has 2 nitrogen and oxygen atoms in total. The van der Waals surface area contributed by atoms with Gasteiger partial charge in [0.15, 0.2) is 11.6 Å². The van der Waals surface area contributed by atoms with Crippen LogP contribution in [-0.4, -0.2) is 20.2 Å². The first-order valence-corrected chi connectivity index (χ1v) is 15.9. The van der Waals surface area contributed by atoms with Crippen molar-refractivity contribution in [3.63, 3.8) is 0 Å². The van der Waals surface area contributed by atoms with Crippen LogP contribution in [0.4, 0.5) is 0 Å². The average Bonchev–Trinajstić information content (AvgIpc) is 3.40. The summed E-state index contributed by atoms with van der Waals surface area (Å²) in [5.74, 6) is 0.472. The van der Waals surface area contributed by atoms with Gasteiger partial charge in [0.05, 0.1) is 0 Å². The van der Waals surface area contributed by atoms with E-state index in [1.807, 2.05) is 13.8 Å². The van der Waals surface area contributed by atoms with E-state index in [9.17, 15) is 9.59 Å². The monoisotopic (exact) mass is 600 g/mol. The highest BCUT2D eigenvalue weighted by atomic mass is 35.5. The van der Waals surface area contributed by atoms with Crippen molar-refractivity contribution in [2.75, 3.05) is 0 Å². The number of Topliss-reactive ketones (excluding diaryl/α,β-unsaturated/α-hetero) is 2. The van der Waals surface area contributed by atoms with Crippen LogP contribution in [0.2, 0.25) is 0 Å².